The Labute approximate surface area is 154 Å². The highest BCUT2D eigenvalue weighted by Gasteiger charge is 2.20. The van der Waals surface area contributed by atoms with Crippen molar-refractivity contribution in [3.8, 4) is 0 Å². The fraction of sp³-hybridized carbons (Fsp3) is 0.526. The molecule has 26 heavy (non-hydrogen) atoms. The van der Waals surface area contributed by atoms with Crippen molar-refractivity contribution in [2.45, 2.75) is 13.5 Å². The molecular weight excluding hydrogens is 328 g/mol. The Morgan fingerprint density at radius 1 is 0.923 bits per heavy atom. The van der Waals surface area contributed by atoms with Crippen LogP contribution in [0.3, 0.4) is 0 Å². The van der Waals surface area contributed by atoms with Crippen molar-refractivity contribution in [3.05, 3.63) is 42.0 Å². The molecule has 0 unspecified atom stereocenters. The molecule has 2 saturated heterocycles. The third-order valence-electron chi connectivity index (χ3n) is 5.16. The van der Waals surface area contributed by atoms with E-state index in [2.05, 4.69) is 48.7 Å². The average molecular weight is 354 g/mol. The summed E-state index contributed by atoms with van der Waals surface area (Å²) in [5.74, 6) is 2.03. The normalized spacial score (nSPS) is 19.0. The van der Waals surface area contributed by atoms with E-state index in [0.29, 0.717) is 0 Å². The Morgan fingerprint density at radius 2 is 1.62 bits per heavy atom. The van der Waals surface area contributed by atoms with Crippen molar-refractivity contribution in [2.24, 2.45) is 0 Å². The number of pyridine rings is 1. The molecule has 7 heteroatoms. The standard InChI is InChI=1S/C19H26N6O/c1-16-3-2-4-20-17(16)14-23-5-7-24(8-6-23)18-13-19(22-15-21-18)25-9-11-26-12-10-25/h2-4,13,15H,5-12,14H2,1H3. The van der Waals surface area contributed by atoms with Crippen LogP contribution in [0.2, 0.25) is 0 Å². The Hall–Kier alpha value is -2.25. The second-order valence-electron chi connectivity index (χ2n) is 6.86. The molecule has 2 aliphatic rings. The summed E-state index contributed by atoms with van der Waals surface area (Å²) >= 11 is 0. The predicted molar refractivity (Wildman–Crippen MR) is 102 cm³/mol. The fourth-order valence-electron chi connectivity index (χ4n) is 3.51. The fourth-order valence-corrected chi connectivity index (χ4v) is 3.51. The number of hydrogen-bond donors (Lipinski definition) is 0. The molecule has 0 N–H and O–H groups in total. The summed E-state index contributed by atoms with van der Waals surface area (Å²) < 4.78 is 5.43. The van der Waals surface area contributed by atoms with Gasteiger partial charge >= 0.3 is 0 Å². The molecule has 7 nitrogen and oxygen atoms in total. The van der Waals surface area contributed by atoms with Gasteiger partial charge in [0.25, 0.3) is 0 Å². The van der Waals surface area contributed by atoms with Crippen LogP contribution < -0.4 is 9.80 Å². The SMILES string of the molecule is Cc1cccnc1CN1CCN(c2cc(N3CCOCC3)ncn2)CC1. The van der Waals surface area contributed by atoms with Crippen LogP contribution in [0.4, 0.5) is 11.6 Å². The first-order valence-electron chi connectivity index (χ1n) is 9.32. The third-order valence-corrected chi connectivity index (χ3v) is 5.16. The van der Waals surface area contributed by atoms with Crippen molar-refractivity contribution in [1.82, 2.24) is 19.9 Å². The largest absolute Gasteiger partial charge is 0.378 e. The van der Waals surface area contributed by atoms with E-state index in [1.54, 1.807) is 6.33 Å². The van der Waals surface area contributed by atoms with Gasteiger partial charge in [-0.15, -0.1) is 0 Å². The van der Waals surface area contributed by atoms with E-state index >= 15 is 0 Å². The Balaban J connectivity index is 1.36. The zero-order valence-electron chi connectivity index (χ0n) is 15.3. The van der Waals surface area contributed by atoms with Crippen LogP contribution in [-0.2, 0) is 11.3 Å². The average Bonchev–Trinajstić information content (AvgIpc) is 2.71. The molecule has 2 aliphatic heterocycles. The van der Waals surface area contributed by atoms with E-state index < -0.39 is 0 Å². The summed E-state index contributed by atoms with van der Waals surface area (Å²) in [6.45, 7) is 10.4. The van der Waals surface area contributed by atoms with Gasteiger partial charge in [0.2, 0.25) is 0 Å². The van der Waals surface area contributed by atoms with Crippen LogP contribution in [0.15, 0.2) is 30.7 Å². The lowest BCUT2D eigenvalue weighted by atomic mass is 10.2. The Morgan fingerprint density at radius 3 is 2.31 bits per heavy atom. The van der Waals surface area contributed by atoms with Gasteiger partial charge in [-0.3, -0.25) is 9.88 Å². The van der Waals surface area contributed by atoms with Crippen molar-refractivity contribution in [3.63, 3.8) is 0 Å². The second kappa shape index (κ2) is 7.97. The lowest BCUT2D eigenvalue weighted by Crippen LogP contribution is -2.46. The van der Waals surface area contributed by atoms with Gasteiger partial charge in [0.1, 0.15) is 18.0 Å². The van der Waals surface area contributed by atoms with Crippen LogP contribution >= 0.6 is 0 Å². The molecule has 2 aromatic heterocycles. The minimum absolute atomic E-state index is 0.769. The van der Waals surface area contributed by atoms with Gasteiger partial charge in [-0.25, -0.2) is 9.97 Å². The highest BCUT2D eigenvalue weighted by Crippen LogP contribution is 2.20. The highest BCUT2D eigenvalue weighted by atomic mass is 16.5. The number of aromatic nitrogens is 3. The van der Waals surface area contributed by atoms with E-state index in [9.17, 15) is 0 Å². The van der Waals surface area contributed by atoms with E-state index in [0.717, 1.165) is 70.7 Å². The molecular formula is C19H26N6O. The van der Waals surface area contributed by atoms with Gasteiger partial charge in [0.15, 0.2) is 0 Å². The molecule has 0 aromatic carbocycles. The molecule has 0 bridgehead atoms. The number of ether oxygens (including phenoxy) is 1. The van der Waals surface area contributed by atoms with Crippen LogP contribution in [0.25, 0.3) is 0 Å². The van der Waals surface area contributed by atoms with Crippen LogP contribution in [0.1, 0.15) is 11.3 Å². The summed E-state index contributed by atoms with van der Waals surface area (Å²) in [5.41, 5.74) is 2.44. The van der Waals surface area contributed by atoms with Crippen LogP contribution in [0.5, 0.6) is 0 Å². The maximum atomic E-state index is 5.43. The van der Waals surface area contributed by atoms with Gasteiger partial charge in [-0.1, -0.05) is 6.07 Å². The highest BCUT2D eigenvalue weighted by molar-refractivity contribution is 5.50. The number of rotatable bonds is 4. The maximum absolute atomic E-state index is 5.43. The number of piperazine rings is 1. The molecule has 4 rings (SSSR count). The number of hydrogen-bond acceptors (Lipinski definition) is 7. The molecule has 0 amide bonds. The summed E-state index contributed by atoms with van der Waals surface area (Å²) in [4.78, 5) is 20.6. The molecule has 0 atom stereocenters. The summed E-state index contributed by atoms with van der Waals surface area (Å²) in [5, 5.41) is 0. The smallest absolute Gasteiger partial charge is 0.134 e. The molecule has 0 saturated carbocycles. The third kappa shape index (κ3) is 3.94. The van der Waals surface area contributed by atoms with Gasteiger partial charge < -0.3 is 14.5 Å². The van der Waals surface area contributed by atoms with E-state index in [1.165, 1.54) is 11.3 Å². The quantitative estimate of drug-likeness (QED) is 0.821. The zero-order valence-corrected chi connectivity index (χ0v) is 15.3. The summed E-state index contributed by atoms with van der Waals surface area (Å²) in [6.07, 6.45) is 3.57. The second-order valence-corrected chi connectivity index (χ2v) is 6.86. The summed E-state index contributed by atoms with van der Waals surface area (Å²) in [7, 11) is 0. The van der Waals surface area contributed by atoms with E-state index in [4.69, 9.17) is 4.74 Å². The van der Waals surface area contributed by atoms with Crippen LogP contribution in [-0.4, -0.2) is 72.3 Å². The molecule has 2 fully saturated rings. The number of anilines is 2. The van der Waals surface area contributed by atoms with Gasteiger partial charge in [0, 0.05) is 58.1 Å². The summed E-state index contributed by atoms with van der Waals surface area (Å²) in [6, 6.07) is 6.24. The first-order chi connectivity index (χ1) is 12.8. The van der Waals surface area contributed by atoms with Gasteiger partial charge in [-0.05, 0) is 18.6 Å². The van der Waals surface area contributed by atoms with Crippen LogP contribution in [0, 0.1) is 6.92 Å². The molecule has 2 aromatic rings. The molecule has 138 valence electrons. The van der Waals surface area contributed by atoms with Gasteiger partial charge in [0.05, 0.1) is 18.9 Å². The monoisotopic (exact) mass is 354 g/mol. The Kier molecular flexibility index (Phi) is 5.26. The van der Waals surface area contributed by atoms with Crippen molar-refractivity contribution in [2.75, 3.05) is 62.3 Å². The number of morpholine rings is 1. The van der Waals surface area contributed by atoms with E-state index in [-0.39, 0.29) is 0 Å². The molecule has 4 heterocycles. The first kappa shape index (κ1) is 17.2. The zero-order chi connectivity index (χ0) is 17.8. The lowest BCUT2D eigenvalue weighted by molar-refractivity contribution is 0.122. The molecule has 0 spiro atoms. The van der Waals surface area contributed by atoms with Crippen molar-refractivity contribution < 1.29 is 4.74 Å². The topological polar surface area (TPSA) is 57.6 Å². The minimum Gasteiger partial charge on any atom is -0.378 e. The predicted octanol–water partition coefficient (Wildman–Crippen LogP) is 1.34. The van der Waals surface area contributed by atoms with Gasteiger partial charge in [-0.2, -0.15) is 0 Å². The molecule has 0 aliphatic carbocycles. The molecule has 0 radical (unpaired) electrons. The van der Waals surface area contributed by atoms with Crippen molar-refractivity contribution >= 4 is 11.6 Å². The first-order valence-corrected chi connectivity index (χ1v) is 9.32. The van der Waals surface area contributed by atoms with Crippen molar-refractivity contribution in [1.29, 1.82) is 0 Å². The van der Waals surface area contributed by atoms with E-state index in [1.807, 2.05) is 12.3 Å². The maximum Gasteiger partial charge on any atom is 0.134 e. The number of aryl methyl sites for hydroxylation is 1. The number of nitrogens with zero attached hydrogens (tertiary/aromatic N) is 6. The minimum atomic E-state index is 0.769. The lowest BCUT2D eigenvalue weighted by Gasteiger charge is -2.36. The Bertz CT molecular complexity index is 725.